The van der Waals surface area contributed by atoms with E-state index in [-0.39, 0.29) is 49.6 Å². The van der Waals surface area contributed by atoms with E-state index in [1.54, 1.807) is 0 Å². The maximum absolute atomic E-state index is 12.8. The minimum absolute atomic E-state index is 0.00920. The number of thiol groups is 2. The molecule has 4 rings (SSSR count). The number of rotatable bonds is 7. The summed E-state index contributed by atoms with van der Waals surface area (Å²) in [6.45, 7) is 0.0184. The van der Waals surface area contributed by atoms with Crippen LogP contribution in [0.5, 0.6) is 0 Å². The lowest BCUT2D eigenvalue weighted by atomic mass is 10.3. The fourth-order valence-corrected chi connectivity index (χ4v) is 6.43. The first-order valence-corrected chi connectivity index (χ1v) is 12.6. The third kappa shape index (κ3) is 4.88. The molecule has 4 amide bonds. The number of benzene rings is 2. The standard InChI is InChI=1S/C22H20N2O4S4/c25-19-11-17(31-15-7-3-1-5-13(15)29)21(27)23(19)9-10-24-20(26)12-18(22(24)28)32-16-8-4-2-6-14(16)30/h1-8,17-18,29-30H,9-12H2. The molecule has 2 saturated heterocycles. The van der Waals surface area contributed by atoms with Crippen LogP contribution in [0.3, 0.4) is 0 Å². The Kier molecular flexibility index (Phi) is 7.24. The highest BCUT2D eigenvalue weighted by Crippen LogP contribution is 2.36. The number of thioether (sulfide) groups is 2. The number of hydrogen-bond acceptors (Lipinski definition) is 8. The van der Waals surface area contributed by atoms with Gasteiger partial charge in [-0.2, -0.15) is 0 Å². The summed E-state index contributed by atoms with van der Waals surface area (Å²) in [6.07, 6.45) is 0.176. The van der Waals surface area contributed by atoms with Crippen LogP contribution in [0, 0.1) is 0 Å². The minimum atomic E-state index is -0.532. The number of nitrogens with zero attached hydrogens (tertiary/aromatic N) is 2. The SMILES string of the molecule is O=C1CC(Sc2ccccc2S)C(=O)N1CCN1C(=O)CC(Sc2ccccc2S)C1=O. The molecular weight excluding hydrogens is 485 g/mol. The van der Waals surface area contributed by atoms with Gasteiger partial charge in [-0.15, -0.1) is 48.8 Å². The van der Waals surface area contributed by atoms with Gasteiger partial charge in [-0.05, 0) is 24.3 Å². The Balaban J connectivity index is 1.36. The van der Waals surface area contributed by atoms with Crippen LogP contribution in [-0.4, -0.2) is 57.0 Å². The van der Waals surface area contributed by atoms with Gasteiger partial charge in [-0.25, -0.2) is 0 Å². The lowest BCUT2D eigenvalue weighted by Gasteiger charge is -2.20. The van der Waals surface area contributed by atoms with Crippen molar-refractivity contribution in [1.29, 1.82) is 0 Å². The number of hydrogen-bond donors (Lipinski definition) is 2. The summed E-state index contributed by atoms with van der Waals surface area (Å²) >= 11 is 11.4. The smallest absolute Gasteiger partial charge is 0.243 e. The second kappa shape index (κ2) is 9.94. The van der Waals surface area contributed by atoms with Gasteiger partial charge in [-0.1, -0.05) is 24.3 Å². The van der Waals surface area contributed by atoms with Crippen molar-refractivity contribution >= 4 is 72.4 Å². The maximum atomic E-state index is 12.8. The molecule has 2 aromatic carbocycles. The van der Waals surface area contributed by atoms with E-state index >= 15 is 0 Å². The summed E-state index contributed by atoms with van der Waals surface area (Å²) in [7, 11) is 0. The molecule has 32 heavy (non-hydrogen) atoms. The fourth-order valence-electron chi connectivity index (χ4n) is 3.58. The first kappa shape index (κ1) is 23.3. The van der Waals surface area contributed by atoms with Gasteiger partial charge in [0.2, 0.25) is 23.6 Å². The minimum Gasteiger partial charge on any atom is -0.280 e. The van der Waals surface area contributed by atoms with Crippen molar-refractivity contribution in [2.24, 2.45) is 0 Å². The Morgan fingerprint density at radius 1 is 0.688 bits per heavy atom. The summed E-state index contributed by atoms with van der Waals surface area (Å²) in [5.74, 6) is -1.19. The van der Waals surface area contributed by atoms with Crippen molar-refractivity contribution in [2.75, 3.05) is 13.1 Å². The predicted molar refractivity (Wildman–Crippen MR) is 129 cm³/mol. The highest BCUT2D eigenvalue weighted by molar-refractivity contribution is 8.01. The molecular formula is C22H20N2O4S4. The van der Waals surface area contributed by atoms with Crippen LogP contribution in [0.2, 0.25) is 0 Å². The molecule has 2 aromatic rings. The zero-order valence-corrected chi connectivity index (χ0v) is 20.3. The number of carbonyl (C=O) groups is 4. The van der Waals surface area contributed by atoms with Crippen LogP contribution in [0.15, 0.2) is 68.1 Å². The summed E-state index contributed by atoms with van der Waals surface area (Å²) in [5, 5.41) is -1.06. The zero-order valence-electron chi connectivity index (χ0n) is 16.8. The van der Waals surface area contributed by atoms with Gasteiger partial charge in [0.15, 0.2) is 0 Å². The predicted octanol–water partition coefficient (Wildman–Crippen LogP) is 3.40. The van der Waals surface area contributed by atoms with Crippen LogP contribution < -0.4 is 0 Å². The highest BCUT2D eigenvalue weighted by atomic mass is 32.2. The molecule has 0 aliphatic carbocycles. The van der Waals surface area contributed by atoms with Crippen LogP contribution in [-0.2, 0) is 19.2 Å². The van der Waals surface area contributed by atoms with Crippen molar-refractivity contribution in [3.8, 4) is 0 Å². The lowest BCUT2D eigenvalue weighted by Crippen LogP contribution is -2.41. The topological polar surface area (TPSA) is 74.8 Å². The van der Waals surface area contributed by atoms with Crippen LogP contribution >= 0.6 is 48.8 Å². The molecule has 2 atom stereocenters. The molecule has 0 radical (unpaired) electrons. The average Bonchev–Trinajstić information content (AvgIpc) is 3.18. The number of carbonyl (C=O) groups excluding carboxylic acids is 4. The molecule has 2 aliphatic rings. The molecule has 0 spiro atoms. The number of imide groups is 2. The molecule has 0 aromatic heterocycles. The van der Waals surface area contributed by atoms with E-state index in [0.717, 1.165) is 29.4 Å². The first-order valence-electron chi connectivity index (χ1n) is 9.93. The molecule has 2 aliphatic heterocycles. The van der Waals surface area contributed by atoms with E-state index in [1.165, 1.54) is 23.5 Å². The first-order chi connectivity index (χ1) is 15.3. The largest absolute Gasteiger partial charge is 0.280 e. The molecule has 0 N–H and O–H groups in total. The van der Waals surface area contributed by atoms with E-state index in [9.17, 15) is 19.2 Å². The Labute approximate surface area is 205 Å². The number of likely N-dealkylation sites (tertiary alicyclic amines) is 2. The van der Waals surface area contributed by atoms with Crippen LogP contribution in [0.1, 0.15) is 12.8 Å². The Hall–Kier alpha value is -1.88. The third-order valence-corrected chi connectivity index (χ3v) is 8.83. The molecule has 0 bridgehead atoms. The van der Waals surface area contributed by atoms with E-state index in [1.807, 2.05) is 48.5 Å². The van der Waals surface area contributed by atoms with Gasteiger partial charge in [-0.3, -0.25) is 29.0 Å². The molecule has 0 saturated carbocycles. The van der Waals surface area contributed by atoms with Gasteiger partial charge in [0, 0.05) is 45.5 Å². The molecule has 6 nitrogen and oxygen atoms in total. The van der Waals surface area contributed by atoms with Gasteiger partial charge in [0.05, 0.1) is 10.5 Å². The maximum Gasteiger partial charge on any atom is 0.243 e. The lowest BCUT2D eigenvalue weighted by molar-refractivity contribution is -0.143. The van der Waals surface area contributed by atoms with Gasteiger partial charge in [0.1, 0.15) is 0 Å². The second-order valence-electron chi connectivity index (χ2n) is 7.32. The molecule has 166 valence electrons. The summed E-state index contributed by atoms with van der Waals surface area (Å²) in [4.78, 5) is 56.0. The molecule has 2 fully saturated rings. The van der Waals surface area contributed by atoms with Crippen molar-refractivity contribution < 1.29 is 19.2 Å². The third-order valence-electron chi connectivity index (χ3n) is 5.22. The normalized spacial score (nSPS) is 21.2. The fraction of sp³-hybridized carbons (Fsp3) is 0.273. The Morgan fingerprint density at radius 3 is 1.44 bits per heavy atom. The quantitative estimate of drug-likeness (QED) is 0.445. The van der Waals surface area contributed by atoms with Crippen molar-refractivity contribution in [3.63, 3.8) is 0 Å². The molecule has 2 unspecified atom stereocenters. The average molecular weight is 505 g/mol. The zero-order chi connectivity index (χ0) is 22.8. The van der Waals surface area contributed by atoms with E-state index in [2.05, 4.69) is 25.3 Å². The summed E-state index contributed by atoms with van der Waals surface area (Å²) in [6, 6.07) is 14.8. The van der Waals surface area contributed by atoms with Gasteiger partial charge < -0.3 is 0 Å². The van der Waals surface area contributed by atoms with E-state index in [4.69, 9.17) is 0 Å². The van der Waals surface area contributed by atoms with Crippen LogP contribution in [0.4, 0.5) is 0 Å². The highest BCUT2D eigenvalue weighted by Gasteiger charge is 2.42. The van der Waals surface area contributed by atoms with Gasteiger partial charge in [0.25, 0.3) is 0 Å². The number of amides is 4. The molecule has 2 heterocycles. The second-order valence-corrected chi connectivity index (χ2v) is 10.8. The molecule has 10 heteroatoms. The van der Waals surface area contributed by atoms with Crippen molar-refractivity contribution in [2.45, 2.75) is 42.9 Å². The summed E-state index contributed by atoms with van der Waals surface area (Å²) in [5.41, 5.74) is 0. The Bertz CT molecular complexity index is 1010. The van der Waals surface area contributed by atoms with Crippen LogP contribution in [0.25, 0.3) is 0 Å². The van der Waals surface area contributed by atoms with Crippen molar-refractivity contribution in [1.82, 2.24) is 9.80 Å². The van der Waals surface area contributed by atoms with Gasteiger partial charge >= 0.3 is 0 Å². The Morgan fingerprint density at radius 2 is 1.06 bits per heavy atom. The summed E-state index contributed by atoms with van der Waals surface area (Å²) < 4.78 is 0. The monoisotopic (exact) mass is 504 g/mol. The van der Waals surface area contributed by atoms with Crippen molar-refractivity contribution in [3.05, 3.63) is 48.5 Å². The van der Waals surface area contributed by atoms with E-state index < -0.39 is 10.5 Å². The van der Waals surface area contributed by atoms with E-state index in [0.29, 0.717) is 0 Å².